The second-order valence-corrected chi connectivity index (χ2v) is 6.88. The molecular formula is C16H23NO2. The van der Waals surface area contributed by atoms with Gasteiger partial charge in [0, 0.05) is 0 Å². The predicted molar refractivity (Wildman–Crippen MR) is 70.9 cm³/mol. The Kier molecular flexibility index (Phi) is 3.08. The molecule has 0 saturated heterocycles. The molecule has 0 radical (unpaired) electrons. The lowest BCUT2D eigenvalue weighted by Gasteiger charge is -2.57. The largest absolute Gasteiger partial charge is 0.468 e. The van der Waals surface area contributed by atoms with Crippen LogP contribution in [-0.4, -0.2) is 13.1 Å². The summed E-state index contributed by atoms with van der Waals surface area (Å²) in [6.07, 6.45) is 6.92. The first kappa shape index (κ1) is 13.0. The van der Waals surface area contributed by atoms with Crippen LogP contribution in [0.1, 0.15) is 45.4 Å². The van der Waals surface area contributed by atoms with Crippen molar-refractivity contribution in [3.05, 3.63) is 0 Å². The fourth-order valence-electron chi connectivity index (χ4n) is 5.63. The summed E-state index contributed by atoms with van der Waals surface area (Å²) in [5.74, 6) is 2.83. The average Bonchev–Trinajstić information content (AvgIpc) is 2.41. The van der Waals surface area contributed by atoms with Crippen LogP contribution in [0.4, 0.5) is 0 Å². The lowest BCUT2D eigenvalue weighted by Crippen LogP contribution is -2.54. The van der Waals surface area contributed by atoms with E-state index in [1.165, 1.54) is 39.2 Å². The Morgan fingerprint density at radius 2 is 1.74 bits per heavy atom. The van der Waals surface area contributed by atoms with E-state index in [-0.39, 0.29) is 11.9 Å². The highest BCUT2D eigenvalue weighted by atomic mass is 16.5. The van der Waals surface area contributed by atoms with E-state index in [1.54, 1.807) is 0 Å². The summed E-state index contributed by atoms with van der Waals surface area (Å²) >= 11 is 0. The van der Waals surface area contributed by atoms with Crippen LogP contribution in [0.25, 0.3) is 0 Å². The Bertz CT molecular complexity index is 397. The van der Waals surface area contributed by atoms with Gasteiger partial charge in [0.05, 0.1) is 13.2 Å². The molecule has 0 N–H and O–H groups in total. The van der Waals surface area contributed by atoms with Crippen LogP contribution in [-0.2, 0) is 9.53 Å². The molecule has 4 saturated carbocycles. The maximum atomic E-state index is 12.3. The van der Waals surface area contributed by atoms with Gasteiger partial charge in [0.1, 0.15) is 0 Å². The van der Waals surface area contributed by atoms with Gasteiger partial charge in [-0.15, -0.1) is 0 Å². The van der Waals surface area contributed by atoms with Crippen LogP contribution in [0.3, 0.4) is 0 Å². The number of nitrogens with zero attached hydrogens (tertiary/aromatic N) is 1. The minimum absolute atomic E-state index is 0.239. The third kappa shape index (κ3) is 1.72. The topological polar surface area (TPSA) is 50.1 Å². The summed E-state index contributed by atoms with van der Waals surface area (Å²) in [5.41, 5.74) is -0.892. The van der Waals surface area contributed by atoms with Crippen molar-refractivity contribution in [3.63, 3.8) is 0 Å². The fraction of sp³-hybridized carbons (Fsp3) is 0.875. The molecule has 3 heteroatoms. The minimum atomic E-state index is -0.892. The number of methoxy groups -OCH3 is 1. The molecule has 4 aliphatic rings. The zero-order chi connectivity index (χ0) is 13.6. The molecule has 4 rings (SSSR count). The number of carbonyl (C=O) groups is 1. The molecule has 4 bridgehead atoms. The Morgan fingerprint density at radius 3 is 2.11 bits per heavy atom. The number of esters is 1. The van der Waals surface area contributed by atoms with Crippen molar-refractivity contribution in [2.45, 2.75) is 45.4 Å². The summed E-state index contributed by atoms with van der Waals surface area (Å²) in [5, 5.41) is 9.71. The molecule has 0 aliphatic heterocycles. The molecule has 0 spiro atoms. The van der Waals surface area contributed by atoms with E-state index in [9.17, 15) is 10.1 Å². The standard InChI is InChI=1S/C16H23NO2/c1-3-16(9-17,15(18)19-2)14-12-5-10-4-11(7-12)8-13(14)6-10/h10-14H,3-8H2,1-2H3. The molecule has 4 aliphatic carbocycles. The maximum absolute atomic E-state index is 12.3. The summed E-state index contributed by atoms with van der Waals surface area (Å²) in [6.45, 7) is 1.96. The first-order valence-electron chi connectivity index (χ1n) is 7.64. The molecular weight excluding hydrogens is 238 g/mol. The van der Waals surface area contributed by atoms with E-state index >= 15 is 0 Å². The predicted octanol–water partition coefficient (Wildman–Crippen LogP) is 3.15. The second kappa shape index (κ2) is 4.51. The smallest absolute Gasteiger partial charge is 0.326 e. The van der Waals surface area contributed by atoms with Gasteiger partial charge in [0.2, 0.25) is 0 Å². The Hall–Kier alpha value is -1.04. The Labute approximate surface area is 115 Å². The van der Waals surface area contributed by atoms with Crippen molar-refractivity contribution in [2.24, 2.45) is 35.0 Å². The lowest BCUT2D eigenvalue weighted by molar-refractivity contribution is -0.163. The molecule has 1 unspecified atom stereocenters. The molecule has 0 amide bonds. The van der Waals surface area contributed by atoms with Gasteiger partial charge >= 0.3 is 5.97 Å². The highest BCUT2D eigenvalue weighted by Crippen LogP contribution is 2.61. The zero-order valence-electron chi connectivity index (χ0n) is 11.9. The normalized spacial score (nSPS) is 42.5. The quantitative estimate of drug-likeness (QED) is 0.733. The summed E-state index contributed by atoms with van der Waals surface area (Å²) in [4.78, 5) is 12.3. The highest BCUT2D eigenvalue weighted by molar-refractivity contribution is 5.80. The van der Waals surface area contributed by atoms with Crippen LogP contribution in [0.15, 0.2) is 0 Å². The van der Waals surface area contributed by atoms with Crippen molar-refractivity contribution in [1.29, 1.82) is 5.26 Å². The van der Waals surface area contributed by atoms with Crippen LogP contribution >= 0.6 is 0 Å². The van der Waals surface area contributed by atoms with Crippen molar-refractivity contribution in [2.75, 3.05) is 7.11 Å². The third-order valence-electron chi connectivity index (χ3n) is 6.10. The Morgan fingerprint density at radius 1 is 1.21 bits per heavy atom. The van der Waals surface area contributed by atoms with Gasteiger partial charge in [0.25, 0.3) is 0 Å². The number of hydrogen-bond acceptors (Lipinski definition) is 3. The molecule has 0 aromatic carbocycles. The molecule has 19 heavy (non-hydrogen) atoms. The van der Waals surface area contributed by atoms with Crippen LogP contribution in [0.5, 0.6) is 0 Å². The first-order chi connectivity index (χ1) is 9.14. The van der Waals surface area contributed by atoms with E-state index in [4.69, 9.17) is 4.74 Å². The van der Waals surface area contributed by atoms with E-state index in [2.05, 4.69) is 6.07 Å². The molecule has 0 aromatic heterocycles. The number of carbonyl (C=O) groups excluding carboxylic acids is 1. The summed E-state index contributed by atoms with van der Waals surface area (Å²) in [7, 11) is 1.42. The minimum Gasteiger partial charge on any atom is -0.468 e. The Balaban J connectivity index is 1.95. The first-order valence-corrected chi connectivity index (χ1v) is 7.64. The van der Waals surface area contributed by atoms with Crippen molar-refractivity contribution in [3.8, 4) is 6.07 Å². The van der Waals surface area contributed by atoms with Crippen LogP contribution in [0.2, 0.25) is 0 Å². The number of hydrogen-bond donors (Lipinski definition) is 0. The molecule has 1 atom stereocenters. The van der Waals surface area contributed by atoms with Gasteiger partial charge in [-0.3, -0.25) is 4.79 Å². The van der Waals surface area contributed by atoms with Crippen molar-refractivity contribution < 1.29 is 9.53 Å². The van der Waals surface area contributed by atoms with E-state index in [0.29, 0.717) is 18.3 Å². The monoisotopic (exact) mass is 261 g/mol. The maximum Gasteiger partial charge on any atom is 0.326 e. The zero-order valence-corrected chi connectivity index (χ0v) is 11.9. The molecule has 0 aromatic rings. The van der Waals surface area contributed by atoms with Crippen molar-refractivity contribution in [1.82, 2.24) is 0 Å². The lowest BCUT2D eigenvalue weighted by atomic mass is 9.46. The van der Waals surface area contributed by atoms with Gasteiger partial charge in [-0.2, -0.15) is 5.26 Å². The van der Waals surface area contributed by atoms with Gasteiger partial charge < -0.3 is 4.74 Å². The third-order valence-corrected chi connectivity index (χ3v) is 6.10. The van der Waals surface area contributed by atoms with Gasteiger partial charge in [-0.1, -0.05) is 6.92 Å². The number of ether oxygens (including phenoxy) is 1. The van der Waals surface area contributed by atoms with Gasteiger partial charge in [0.15, 0.2) is 5.41 Å². The second-order valence-electron chi connectivity index (χ2n) is 6.88. The molecule has 0 heterocycles. The van der Waals surface area contributed by atoms with Crippen LogP contribution in [0, 0.1) is 46.3 Å². The van der Waals surface area contributed by atoms with Crippen LogP contribution < -0.4 is 0 Å². The molecule has 104 valence electrons. The molecule has 4 fully saturated rings. The number of nitriles is 1. The van der Waals surface area contributed by atoms with Crippen molar-refractivity contribution >= 4 is 5.97 Å². The van der Waals surface area contributed by atoms with Gasteiger partial charge in [-0.25, -0.2) is 0 Å². The SMILES string of the molecule is CCC(C#N)(C(=O)OC)C1C2CC3CC(C2)CC1C3. The fourth-order valence-corrected chi connectivity index (χ4v) is 5.63. The van der Waals surface area contributed by atoms with Gasteiger partial charge in [-0.05, 0) is 68.1 Å². The summed E-state index contributed by atoms with van der Waals surface area (Å²) < 4.78 is 4.99. The number of rotatable bonds is 3. The van der Waals surface area contributed by atoms with E-state index in [0.717, 1.165) is 11.8 Å². The highest BCUT2D eigenvalue weighted by Gasteiger charge is 2.58. The summed E-state index contributed by atoms with van der Waals surface area (Å²) in [6, 6.07) is 2.37. The average molecular weight is 261 g/mol. The van der Waals surface area contributed by atoms with E-state index in [1.807, 2.05) is 6.92 Å². The van der Waals surface area contributed by atoms with E-state index < -0.39 is 5.41 Å². The molecule has 3 nitrogen and oxygen atoms in total.